The van der Waals surface area contributed by atoms with Crippen LogP contribution >= 0.6 is 11.8 Å². The summed E-state index contributed by atoms with van der Waals surface area (Å²) in [6.07, 6.45) is 11.1. The zero-order valence-corrected chi connectivity index (χ0v) is 29.9. The number of nitrogens with one attached hydrogen (secondary N) is 3. The molecule has 2 heterocycles. The van der Waals surface area contributed by atoms with Crippen LogP contribution in [0.4, 0.5) is 0 Å². The van der Waals surface area contributed by atoms with E-state index in [-0.39, 0.29) is 18.6 Å². The quantitative estimate of drug-likeness (QED) is 0.145. The number of rotatable bonds is 17. The zero-order chi connectivity index (χ0) is 34.6. The van der Waals surface area contributed by atoms with Crippen molar-refractivity contribution >= 4 is 33.4 Å². The number of carbonyl (C=O) groups is 2. The van der Waals surface area contributed by atoms with Gasteiger partial charge in [0.15, 0.2) is 9.84 Å². The molecule has 1 aliphatic rings. The Kier molecular flexibility index (Phi) is 14.1. The Morgan fingerprint density at radius 2 is 1.73 bits per heavy atom. The van der Waals surface area contributed by atoms with Crippen LogP contribution in [0.5, 0.6) is 0 Å². The molecule has 1 saturated carbocycles. The predicted molar refractivity (Wildman–Crippen MR) is 190 cm³/mol. The third kappa shape index (κ3) is 11.7. The van der Waals surface area contributed by atoms with E-state index in [2.05, 4.69) is 25.6 Å². The van der Waals surface area contributed by atoms with Crippen LogP contribution in [-0.4, -0.2) is 74.7 Å². The van der Waals surface area contributed by atoms with Gasteiger partial charge in [0.2, 0.25) is 11.8 Å². The molecule has 1 fully saturated rings. The first-order chi connectivity index (χ1) is 22.9. The highest BCUT2D eigenvalue weighted by Crippen LogP contribution is 2.29. The number of aliphatic hydroxyl groups excluding tert-OH is 1. The molecule has 1 aromatic carbocycles. The fraction of sp³-hybridized carbons (Fsp3) is 0.556. The third-order valence-corrected chi connectivity index (χ3v) is 12.8. The summed E-state index contributed by atoms with van der Waals surface area (Å²) in [6, 6.07) is 13.5. The van der Waals surface area contributed by atoms with E-state index in [1.807, 2.05) is 48.5 Å². The number of hydrogen-bond acceptors (Lipinski definition) is 8. The minimum absolute atomic E-state index is 0.128. The van der Waals surface area contributed by atoms with E-state index in [0.717, 1.165) is 36.3 Å². The predicted octanol–water partition coefficient (Wildman–Crippen LogP) is 4.90. The lowest BCUT2D eigenvalue weighted by Crippen LogP contribution is -2.55. The smallest absolute Gasteiger partial charge is 0.243 e. The van der Waals surface area contributed by atoms with Crippen molar-refractivity contribution in [3.05, 3.63) is 78.5 Å². The van der Waals surface area contributed by atoms with Gasteiger partial charge in [-0.15, -0.1) is 11.8 Å². The molecule has 4 rings (SSSR count). The summed E-state index contributed by atoms with van der Waals surface area (Å²) < 4.78 is 25.6. The highest BCUT2D eigenvalue weighted by molar-refractivity contribution is 7.99. The van der Waals surface area contributed by atoms with Crippen molar-refractivity contribution < 1.29 is 23.1 Å². The number of amides is 2. The first-order valence-electron chi connectivity index (χ1n) is 17.0. The van der Waals surface area contributed by atoms with Crippen molar-refractivity contribution in [1.29, 1.82) is 0 Å². The number of H-pyrrole nitrogens is 1. The molecule has 3 aromatic rings. The lowest BCUT2D eigenvalue weighted by Gasteiger charge is -2.32. The Morgan fingerprint density at radius 1 is 1.00 bits per heavy atom. The second kappa shape index (κ2) is 18.0. The van der Waals surface area contributed by atoms with Crippen LogP contribution in [-0.2, 0) is 32.3 Å². The molecular weight excluding hydrogens is 647 g/mol. The number of nitrogens with zero attached hydrogens (tertiary/aromatic N) is 2. The number of thioether (sulfide) groups is 1. The van der Waals surface area contributed by atoms with E-state index in [1.165, 1.54) is 12.7 Å². The molecule has 2 aromatic heterocycles. The number of sulfone groups is 1. The lowest BCUT2D eigenvalue weighted by atomic mass is 9.83. The molecule has 0 bridgehead atoms. The summed E-state index contributed by atoms with van der Waals surface area (Å²) in [7, 11) is -3.66. The van der Waals surface area contributed by atoms with E-state index in [1.54, 1.807) is 44.9 Å². The van der Waals surface area contributed by atoms with Gasteiger partial charge in [-0.1, -0.05) is 68.5 Å². The van der Waals surface area contributed by atoms with Gasteiger partial charge in [0.1, 0.15) is 6.04 Å². The summed E-state index contributed by atoms with van der Waals surface area (Å²) in [5, 5.41) is 18.3. The first-order valence-corrected chi connectivity index (χ1v) is 19.6. The average Bonchev–Trinajstić information content (AvgIpc) is 3.58. The second-order valence-electron chi connectivity index (χ2n) is 13.8. The number of aromatic amines is 1. The molecule has 0 radical (unpaired) electrons. The first kappa shape index (κ1) is 37.6. The molecule has 0 unspecified atom stereocenters. The minimum atomic E-state index is -3.66. The fourth-order valence-electron chi connectivity index (χ4n) is 6.05. The van der Waals surface area contributed by atoms with Crippen LogP contribution in [0, 0.1) is 11.8 Å². The molecule has 10 nitrogen and oxygen atoms in total. The van der Waals surface area contributed by atoms with Gasteiger partial charge < -0.3 is 20.7 Å². The van der Waals surface area contributed by atoms with Crippen molar-refractivity contribution in [2.24, 2.45) is 11.8 Å². The van der Waals surface area contributed by atoms with Crippen LogP contribution in [0.1, 0.15) is 77.0 Å². The number of imidazole rings is 1. The Bertz CT molecular complexity index is 1510. The summed E-state index contributed by atoms with van der Waals surface area (Å²) in [4.78, 5) is 39.5. The average molecular weight is 698 g/mol. The van der Waals surface area contributed by atoms with E-state index in [4.69, 9.17) is 0 Å². The van der Waals surface area contributed by atoms with Gasteiger partial charge in [-0.25, -0.2) is 18.4 Å². The lowest BCUT2D eigenvalue weighted by molar-refractivity contribution is -0.131. The Balaban J connectivity index is 1.53. The number of pyridine rings is 1. The van der Waals surface area contributed by atoms with Crippen LogP contribution in [0.2, 0.25) is 0 Å². The topological polar surface area (TPSA) is 154 Å². The van der Waals surface area contributed by atoms with Crippen molar-refractivity contribution in [2.75, 3.05) is 11.5 Å². The summed E-state index contributed by atoms with van der Waals surface area (Å²) in [5.74, 6) is -1.18. The van der Waals surface area contributed by atoms with Crippen LogP contribution in [0.25, 0.3) is 0 Å². The van der Waals surface area contributed by atoms with Gasteiger partial charge in [0, 0.05) is 30.3 Å². The van der Waals surface area contributed by atoms with Gasteiger partial charge in [-0.2, -0.15) is 0 Å². The maximum absolute atomic E-state index is 14.1. The van der Waals surface area contributed by atoms with Gasteiger partial charge in [0.25, 0.3) is 0 Å². The maximum Gasteiger partial charge on any atom is 0.243 e. The highest BCUT2D eigenvalue weighted by Gasteiger charge is 2.36. The third-order valence-electron chi connectivity index (χ3n) is 9.07. The molecule has 0 spiro atoms. The summed E-state index contributed by atoms with van der Waals surface area (Å²) >= 11 is 1.56. The van der Waals surface area contributed by atoms with Crippen LogP contribution < -0.4 is 10.6 Å². The molecule has 4 atom stereocenters. The minimum Gasteiger partial charge on any atom is -0.391 e. The number of benzene rings is 1. The largest absolute Gasteiger partial charge is 0.391 e. The molecule has 4 N–H and O–H groups in total. The van der Waals surface area contributed by atoms with Crippen molar-refractivity contribution in [1.82, 2.24) is 25.6 Å². The molecule has 12 heteroatoms. The van der Waals surface area contributed by atoms with Gasteiger partial charge in [0.05, 0.1) is 39.9 Å². The summed E-state index contributed by atoms with van der Waals surface area (Å²) in [5.41, 5.74) is 1.48. The van der Waals surface area contributed by atoms with E-state index in [0.29, 0.717) is 30.2 Å². The second-order valence-corrected chi connectivity index (χ2v) is 17.8. The Morgan fingerprint density at radius 3 is 2.38 bits per heavy atom. The summed E-state index contributed by atoms with van der Waals surface area (Å²) in [6.45, 7) is 4.88. The fourth-order valence-corrected chi connectivity index (χ4v) is 8.23. The molecule has 2 amide bonds. The van der Waals surface area contributed by atoms with Crippen molar-refractivity contribution in [3.63, 3.8) is 0 Å². The number of carbonyl (C=O) groups excluding carboxylic acids is 2. The van der Waals surface area contributed by atoms with Gasteiger partial charge >= 0.3 is 0 Å². The molecule has 48 heavy (non-hydrogen) atoms. The van der Waals surface area contributed by atoms with E-state index >= 15 is 0 Å². The van der Waals surface area contributed by atoms with Crippen molar-refractivity contribution in [3.8, 4) is 0 Å². The molecule has 262 valence electrons. The normalized spacial score (nSPS) is 16.8. The monoisotopic (exact) mass is 697 g/mol. The van der Waals surface area contributed by atoms with Gasteiger partial charge in [-0.05, 0) is 63.6 Å². The molecule has 0 aliphatic heterocycles. The molecule has 1 aliphatic carbocycles. The van der Waals surface area contributed by atoms with Crippen LogP contribution in [0.3, 0.4) is 0 Å². The van der Waals surface area contributed by atoms with Crippen molar-refractivity contribution in [2.45, 2.75) is 107 Å². The number of aliphatic hydroxyl groups is 1. The van der Waals surface area contributed by atoms with E-state index < -0.39 is 50.5 Å². The number of aromatic nitrogens is 3. The Labute approximate surface area is 289 Å². The number of hydrogen-bond donors (Lipinski definition) is 4. The van der Waals surface area contributed by atoms with E-state index in [9.17, 15) is 23.1 Å². The SMILES string of the molecule is CC(C)(C)S(=O)(=O)C[C@@H](Cc1ccccc1)C(=O)N[C@@H](Cc1cnc[nH]1)C(=O)N[C@@H](CC1CCCCC1)[C@@H](O)CCSc1ccccn1. The Hall–Kier alpha value is -3.22. The highest BCUT2D eigenvalue weighted by atomic mass is 32.2. The zero-order valence-electron chi connectivity index (χ0n) is 28.3. The standard InChI is InChI=1S/C36H51N5O5S2/c1-36(2,3)48(45,46)24-28(20-26-12-6-4-7-13-26)34(43)41-31(22-29-23-37-25-39-29)35(44)40-30(21-27-14-8-5-9-15-27)32(42)17-19-47-33-16-10-11-18-38-33/h4,6-7,10-13,16,18,23,25,27-28,30-32,42H,5,8-9,14-15,17,19-22,24H2,1-3H3,(H,37,39)(H,40,44)(H,41,43)/t28-,30+,31+,32+/m1/s1. The van der Waals surface area contributed by atoms with Gasteiger partial charge in [-0.3, -0.25) is 9.59 Å². The molecular formula is C36H51N5O5S2. The molecule has 0 saturated heterocycles. The maximum atomic E-state index is 14.1. The van der Waals surface area contributed by atoms with Crippen LogP contribution in [0.15, 0.2) is 72.3 Å².